The van der Waals surface area contributed by atoms with Gasteiger partial charge in [0, 0.05) is 22.5 Å². The maximum Gasteiger partial charge on any atom is 0.339 e. The van der Waals surface area contributed by atoms with Crippen LogP contribution in [0.3, 0.4) is 0 Å². The molecule has 0 unspecified atom stereocenters. The molecule has 6 rings (SSSR count). The Labute approximate surface area is 225 Å². The summed E-state index contributed by atoms with van der Waals surface area (Å²) in [5, 5.41) is 7.33. The van der Waals surface area contributed by atoms with Gasteiger partial charge in [-0.25, -0.2) is 9.80 Å². The van der Waals surface area contributed by atoms with Crippen LogP contribution in [0.4, 0.5) is 0 Å². The van der Waals surface area contributed by atoms with Gasteiger partial charge in [-0.1, -0.05) is 48.9 Å². The summed E-state index contributed by atoms with van der Waals surface area (Å²) in [4.78, 5) is 31.7. The summed E-state index contributed by atoms with van der Waals surface area (Å²) in [7, 11) is 0. The van der Waals surface area contributed by atoms with E-state index in [9.17, 15) is 9.59 Å². The van der Waals surface area contributed by atoms with Crippen molar-refractivity contribution in [1.29, 1.82) is 0 Å². The smallest absolute Gasteiger partial charge is 0.339 e. The van der Waals surface area contributed by atoms with Crippen molar-refractivity contribution >= 4 is 40.1 Å². The van der Waals surface area contributed by atoms with E-state index in [1.54, 1.807) is 24.5 Å². The fourth-order valence-electron chi connectivity index (χ4n) is 5.32. The first-order valence-electron chi connectivity index (χ1n) is 12.7. The van der Waals surface area contributed by atoms with Crippen LogP contribution in [0.2, 0.25) is 5.02 Å². The Kier molecular flexibility index (Phi) is 6.45. The van der Waals surface area contributed by atoms with Crippen LogP contribution in [0.15, 0.2) is 76.4 Å². The molecule has 0 saturated heterocycles. The lowest BCUT2D eigenvalue weighted by Gasteiger charge is -2.24. The van der Waals surface area contributed by atoms with Gasteiger partial charge in [-0.05, 0) is 66.6 Å². The van der Waals surface area contributed by atoms with Crippen LogP contribution < -0.4 is 0 Å². The number of para-hydroxylation sites is 1. The third-order valence-corrected chi connectivity index (χ3v) is 7.50. The van der Waals surface area contributed by atoms with Gasteiger partial charge in [0.05, 0.1) is 23.1 Å². The van der Waals surface area contributed by atoms with Crippen molar-refractivity contribution in [3.8, 4) is 0 Å². The Hall–Kier alpha value is -3.97. The molecule has 0 fully saturated rings. The highest BCUT2D eigenvalue weighted by molar-refractivity contribution is 6.30. The van der Waals surface area contributed by atoms with E-state index in [-0.39, 0.29) is 0 Å². The molecule has 0 bridgehead atoms. The lowest BCUT2D eigenvalue weighted by Crippen LogP contribution is -2.31. The van der Waals surface area contributed by atoms with Gasteiger partial charge in [-0.3, -0.25) is 9.78 Å². The van der Waals surface area contributed by atoms with Crippen LogP contribution in [-0.2, 0) is 22.4 Å². The van der Waals surface area contributed by atoms with Crippen molar-refractivity contribution in [3.63, 3.8) is 0 Å². The van der Waals surface area contributed by atoms with Crippen LogP contribution in [0.25, 0.3) is 10.9 Å². The molecule has 2 atom stereocenters. The van der Waals surface area contributed by atoms with Gasteiger partial charge in [0.1, 0.15) is 11.8 Å². The number of amides is 1. The number of fused-ring (bicyclic) bond motifs is 2. The average Bonchev–Trinajstić information content (AvgIpc) is 3.61. The standard InChI is InChI=1S/C30H26ClN3O4/c1-18-8-13-24-22(15-18)29(21-5-2-3-6-23(21)32-24)30(36)38-17-28(35)34-26(27-7-4-14-37-27)16-25(33-34)19-9-11-20(31)12-10-19/h2-7,9-12,14,18,26H,8,13,15-17H2,1H3/t18-,26-/m1/s1. The first-order valence-corrected chi connectivity index (χ1v) is 13.1. The molecule has 1 aliphatic carbocycles. The fraction of sp³-hybridized carbons (Fsp3) is 0.267. The second-order valence-electron chi connectivity index (χ2n) is 9.88. The minimum Gasteiger partial charge on any atom is -0.467 e. The van der Waals surface area contributed by atoms with E-state index < -0.39 is 24.5 Å². The molecule has 1 amide bonds. The summed E-state index contributed by atoms with van der Waals surface area (Å²) in [5.74, 6) is 0.112. The second-order valence-corrected chi connectivity index (χ2v) is 10.3. The van der Waals surface area contributed by atoms with Crippen molar-refractivity contribution in [2.75, 3.05) is 6.61 Å². The molecular weight excluding hydrogens is 502 g/mol. The number of aromatic nitrogens is 1. The van der Waals surface area contributed by atoms with E-state index in [1.807, 2.05) is 42.5 Å². The first-order chi connectivity index (χ1) is 18.5. The number of ether oxygens (including phenoxy) is 1. The van der Waals surface area contributed by atoms with Crippen LogP contribution in [0.1, 0.15) is 58.7 Å². The molecule has 4 aromatic rings. The van der Waals surface area contributed by atoms with Crippen LogP contribution >= 0.6 is 11.6 Å². The molecule has 0 saturated carbocycles. The number of carbonyl (C=O) groups excluding carboxylic acids is 2. The number of pyridine rings is 1. The highest BCUT2D eigenvalue weighted by Crippen LogP contribution is 2.34. The molecule has 7 nitrogen and oxygen atoms in total. The molecule has 2 aromatic heterocycles. The maximum absolute atomic E-state index is 13.5. The number of esters is 1. The largest absolute Gasteiger partial charge is 0.467 e. The molecule has 0 spiro atoms. The number of hydrazone groups is 1. The Balaban J connectivity index is 1.27. The number of carbonyl (C=O) groups is 2. The van der Waals surface area contributed by atoms with E-state index >= 15 is 0 Å². The lowest BCUT2D eigenvalue weighted by atomic mass is 9.84. The van der Waals surface area contributed by atoms with Crippen molar-refractivity contribution in [2.45, 2.75) is 38.6 Å². The summed E-state index contributed by atoms with van der Waals surface area (Å²) in [6.07, 6.45) is 4.64. The summed E-state index contributed by atoms with van der Waals surface area (Å²) in [5.41, 5.74) is 4.73. The highest BCUT2D eigenvalue weighted by atomic mass is 35.5. The van der Waals surface area contributed by atoms with Gasteiger partial charge >= 0.3 is 5.97 Å². The molecule has 0 radical (unpaired) electrons. The molecule has 1 aliphatic heterocycles. The molecule has 38 heavy (non-hydrogen) atoms. The number of nitrogens with zero attached hydrogens (tertiary/aromatic N) is 3. The summed E-state index contributed by atoms with van der Waals surface area (Å²) in [6, 6.07) is 18.0. The van der Waals surface area contributed by atoms with E-state index in [0.717, 1.165) is 52.7 Å². The van der Waals surface area contributed by atoms with Crippen LogP contribution in [0.5, 0.6) is 0 Å². The second kappa shape index (κ2) is 10.1. The van der Waals surface area contributed by atoms with Crippen LogP contribution in [0, 0.1) is 5.92 Å². The van der Waals surface area contributed by atoms with E-state index in [1.165, 1.54) is 5.01 Å². The molecule has 2 aromatic carbocycles. The minimum atomic E-state index is -0.516. The molecule has 3 heterocycles. The van der Waals surface area contributed by atoms with Gasteiger partial charge in [0.15, 0.2) is 6.61 Å². The Morgan fingerprint density at radius 1 is 1.08 bits per heavy atom. The predicted octanol–water partition coefficient (Wildman–Crippen LogP) is 6.14. The van der Waals surface area contributed by atoms with Gasteiger partial charge in [-0.15, -0.1) is 0 Å². The zero-order valence-corrected chi connectivity index (χ0v) is 21.6. The number of hydrogen-bond donors (Lipinski definition) is 0. The Bertz CT molecular complexity index is 1550. The molecule has 192 valence electrons. The molecule has 8 heteroatoms. The number of hydrogen-bond acceptors (Lipinski definition) is 6. The lowest BCUT2D eigenvalue weighted by molar-refractivity contribution is -0.136. The van der Waals surface area contributed by atoms with Crippen molar-refractivity contribution in [1.82, 2.24) is 9.99 Å². The number of benzene rings is 2. The minimum absolute atomic E-state index is 0.427. The van der Waals surface area contributed by atoms with Crippen LogP contribution in [-0.4, -0.2) is 34.2 Å². The molecule has 0 N–H and O–H groups in total. The normalized spacial score (nSPS) is 18.8. The topological polar surface area (TPSA) is 85.0 Å². The van der Waals surface area contributed by atoms with Gasteiger partial charge in [0.2, 0.25) is 0 Å². The maximum atomic E-state index is 13.5. The number of rotatable bonds is 5. The Morgan fingerprint density at radius 2 is 1.89 bits per heavy atom. The zero-order valence-electron chi connectivity index (χ0n) is 20.9. The first kappa shape index (κ1) is 24.4. The summed E-state index contributed by atoms with van der Waals surface area (Å²) >= 11 is 6.05. The average molecular weight is 528 g/mol. The highest BCUT2D eigenvalue weighted by Gasteiger charge is 2.35. The quantitative estimate of drug-likeness (QED) is 0.291. The fourth-order valence-corrected chi connectivity index (χ4v) is 5.45. The monoisotopic (exact) mass is 527 g/mol. The van der Waals surface area contributed by atoms with Gasteiger partial charge in [-0.2, -0.15) is 5.10 Å². The molecular formula is C30H26ClN3O4. The van der Waals surface area contributed by atoms with Crippen molar-refractivity contribution < 1.29 is 18.7 Å². The zero-order chi connectivity index (χ0) is 26.2. The predicted molar refractivity (Wildman–Crippen MR) is 144 cm³/mol. The SMILES string of the molecule is C[C@@H]1CCc2nc3ccccc3c(C(=O)OCC(=O)N3N=C(c4ccc(Cl)cc4)C[C@@H]3c3ccco3)c2C1. The number of halogens is 1. The van der Waals surface area contributed by atoms with Crippen molar-refractivity contribution in [3.05, 3.63) is 100 Å². The summed E-state index contributed by atoms with van der Waals surface area (Å²) < 4.78 is 11.3. The Morgan fingerprint density at radius 3 is 2.68 bits per heavy atom. The van der Waals surface area contributed by atoms with Crippen molar-refractivity contribution in [2.24, 2.45) is 11.0 Å². The number of aryl methyl sites for hydroxylation is 1. The third kappa shape index (κ3) is 4.58. The van der Waals surface area contributed by atoms with E-state index in [0.29, 0.717) is 28.7 Å². The van der Waals surface area contributed by atoms with E-state index in [2.05, 4.69) is 12.0 Å². The van der Waals surface area contributed by atoms with Gasteiger partial charge < -0.3 is 9.15 Å². The molecule has 2 aliphatic rings. The third-order valence-electron chi connectivity index (χ3n) is 7.25. The van der Waals surface area contributed by atoms with Gasteiger partial charge in [0.25, 0.3) is 5.91 Å². The summed E-state index contributed by atoms with van der Waals surface area (Å²) in [6.45, 7) is 1.74. The number of furan rings is 1. The van der Waals surface area contributed by atoms with E-state index in [4.69, 9.17) is 25.7 Å².